The number of ether oxygens (including phenoxy) is 2. The highest BCUT2D eigenvalue weighted by molar-refractivity contribution is 5.93. The smallest absolute Gasteiger partial charge is 0.238 e. The second-order valence-corrected chi connectivity index (χ2v) is 7.08. The number of benzene rings is 1. The summed E-state index contributed by atoms with van der Waals surface area (Å²) in [6, 6.07) is 7.60. The molecule has 5 nitrogen and oxygen atoms in total. The Morgan fingerprint density at radius 1 is 1.30 bits per heavy atom. The van der Waals surface area contributed by atoms with Gasteiger partial charge in [0.15, 0.2) is 0 Å². The second kappa shape index (κ2) is 6.89. The molecule has 23 heavy (non-hydrogen) atoms. The summed E-state index contributed by atoms with van der Waals surface area (Å²) in [4.78, 5) is 12.2. The topological polar surface area (TPSA) is 59.6 Å². The minimum atomic E-state index is -0.285. The van der Waals surface area contributed by atoms with Crippen molar-refractivity contribution in [3.8, 4) is 5.75 Å². The fourth-order valence-corrected chi connectivity index (χ4v) is 3.14. The first-order chi connectivity index (χ1) is 10.7. The molecule has 1 fully saturated rings. The Kier molecular flexibility index (Phi) is 5.32. The lowest BCUT2D eigenvalue weighted by molar-refractivity contribution is -0.115. The van der Waals surface area contributed by atoms with E-state index in [1.165, 1.54) is 0 Å². The summed E-state index contributed by atoms with van der Waals surface area (Å²) < 4.78 is 11.6. The van der Waals surface area contributed by atoms with Gasteiger partial charge in [0.2, 0.25) is 5.91 Å². The first-order valence-corrected chi connectivity index (χ1v) is 8.19. The minimum Gasteiger partial charge on any atom is -0.492 e. The molecule has 5 heteroatoms. The van der Waals surface area contributed by atoms with Crippen LogP contribution in [0.1, 0.15) is 41.0 Å². The van der Waals surface area contributed by atoms with Gasteiger partial charge in [0.25, 0.3) is 0 Å². The summed E-state index contributed by atoms with van der Waals surface area (Å²) in [5.41, 5.74) is 0.245. The molecule has 0 aromatic heterocycles. The maximum absolute atomic E-state index is 12.2. The largest absolute Gasteiger partial charge is 0.492 e. The van der Waals surface area contributed by atoms with Gasteiger partial charge in [0.1, 0.15) is 5.75 Å². The van der Waals surface area contributed by atoms with Crippen molar-refractivity contribution >= 4 is 11.6 Å². The quantitative estimate of drug-likeness (QED) is 0.846. The Morgan fingerprint density at radius 2 is 2.00 bits per heavy atom. The Morgan fingerprint density at radius 3 is 2.61 bits per heavy atom. The average Bonchev–Trinajstić information content (AvgIpc) is 2.66. The van der Waals surface area contributed by atoms with Crippen LogP contribution >= 0.6 is 0 Å². The molecule has 0 bridgehead atoms. The Labute approximate surface area is 138 Å². The van der Waals surface area contributed by atoms with Crippen molar-refractivity contribution in [1.82, 2.24) is 5.32 Å². The van der Waals surface area contributed by atoms with E-state index >= 15 is 0 Å². The van der Waals surface area contributed by atoms with Crippen LogP contribution in [0.3, 0.4) is 0 Å². The van der Waals surface area contributed by atoms with Crippen molar-refractivity contribution in [2.45, 2.75) is 58.3 Å². The maximum atomic E-state index is 12.2. The monoisotopic (exact) mass is 320 g/mol. The molecule has 1 heterocycles. The van der Waals surface area contributed by atoms with E-state index in [4.69, 9.17) is 9.47 Å². The summed E-state index contributed by atoms with van der Waals surface area (Å²) in [6.07, 6.45) is 0.878. The van der Waals surface area contributed by atoms with Gasteiger partial charge in [-0.15, -0.1) is 0 Å². The summed E-state index contributed by atoms with van der Waals surface area (Å²) >= 11 is 0. The summed E-state index contributed by atoms with van der Waals surface area (Å²) in [5, 5.41) is 6.22. The molecular weight excluding hydrogens is 292 g/mol. The SMILES string of the molecule is CCOc1ccccc1NC(=O)CNC1CC(C)(C)OC1(C)C. The van der Waals surface area contributed by atoms with Crippen molar-refractivity contribution in [3.63, 3.8) is 0 Å². The third-order valence-corrected chi connectivity index (χ3v) is 4.04. The lowest BCUT2D eigenvalue weighted by atomic mass is 9.94. The van der Waals surface area contributed by atoms with Gasteiger partial charge in [-0.1, -0.05) is 12.1 Å². The number of nitrogens with one attached hydrogen (secondary N) is 2. The van der Waals surface area contributed by atoms with Gasteiger partial charge >= 0.3 is 0 Å². The first kappa shape index (κ1) is 17.8. The van der Waals surface area contributed by atoms with Crippen LogP contribution in [0.15, 0.2) is 24.3 Å². The molecule has 1 aromatic rings. The molecule has 1 aliphatic heterocycles. The fraction of sp³-hybridized carbons (Fsp3) is 0.611. The number of para-hydroxylation sites is 2. The molecule has 0 aliphatic carbocycles. The van der Waals surface area contributed by atoms with Crippen LogP contribution in [0.2, 0.25) is 0 Å². The predicted molar refractivity (Wildman–Crippen MR) is 91.9 cm³/mol. The molecule has 0 radical (unpaired) electrons. The highest BCUT2D eigenvalue weighted by Gasteiger charge is 2.45. The maximum Gasteiger partial charge on any atom is 0.238 e. The van der Waals surface area contributed by atoms with Gasteiger partial charge in [0.05, 0.1) is 30.0 Å². The molecule has 1 unspecified atom stereocenters. The number of carbonyl (C=O) groups is 1. The first-order valence-electron chi connectivity index (χ1n) is 8.19. The molecule has 2 rings (SSSR count). The third kappa shape index (κ3) is 4.69. The van der Waals surface area contributed by atoms with E-state index in [2.05, 4.69) is 38.3 Å². The molecule has 1 saturated heterocycles. The van der Waals surface area contributed by atoms with Gasteiger partial charge in [0, 0.05) is 6.04 Å². The molecule has 1 amide bonds. The fourth-order valence-electron chi connectivity index (χ4n) is 3.14. The molecule has 1 atom stereocenters. The number of rotatable bonds is 6. The van der Waals surface area contributed by atoms with Crippen LogP contribution in [0.25, 0.3) is 0 Å². The van der Waals surface area contributed by atoms with Crippen LogP contribution in [-0.4, -0.2) is 36.3 Å². The zero-order valence-corrected chi connectivity index (χ0v) is 14.7. The Bertz CT molecular complexity index is 555. The van der Waals surface area contributed by atoms with Crippen molar-refractivity contribution in [2.75, 3.05) is 18.5 Å². The van der Waals surface area contributed by atoms with E-state index in [0.29, 0.717) is 18.0 Å². The Balaban J connectivity index is 1.91. The van der Waals surface area contributed by atoms with Gasteiger partial charge in [-0.25, -0.2) is 0 Å². The molecular formula is C18H28N2O3. The molecule has 0 spiro atoms. The Hall–Kier alpha value is -1.59. The summed E-state index contributed by atoms with van der Waals surface area (Å²) in [6.45, 7) is 11.0. The lowest BCUT2D eigenvalue weighted by Gasteiger charge is -2.27. The van der Waals surface area contributed by atoms with Crippen LogP contribution in [0.5, 0.6) is 5.75 Å². The summed E-state index contributed by atoms with van der Waals surface area (Å²) in [5.74, 6) is 0.603. The predicted octanol–water partition coefficient (Wildman–Crippen LogP) is 2.96. The van der Waals surface area contributed by atoms with Crippen molar-refractivity contribution < 1.29 is 14.3 Å². The van der Waals surface area contributed by atoms with Crippen molar-refractivity contribution in [2.24, 2.45) is 0 Å². The third-order valence-electron chi connectivity index (χ3n) is 4.04. The van der Waals surface area contributed by atoms with E-state index in [0.717, 1.165) is 6.42 Å². The standard InChI is InChI=1S/C18H28N2O3/c1-6-22-14-10-8-7-9-13(14)20-16(21)12-19-15-11-17(2,3)23-18(15,4)5/h7-10,15,19H,6,11-12H2,1-5H3,(H,20,21). The van der Waals surface area contributed by atoms with Crippen molar-refractivity contribution in [1.29, 1.82) is 0 Å². The van der Waals surface area contributed by atoms with Crippen LogP contribution < -0.4 is 15.4 Å². The van der Waals surface area contributed by atoms with E-state index in [-0.39, 0.29) is 29.7 Å². The number of hydrogen-bond donors (Lipinski definition) is 2. The molecule has 0 saturated carbocycles. The highest BCUT2D eigenvalue weighted by atomic mass is 16.5. The van der Waals surface area contributed by atoms with E-state index in [1.807, 2.05) is 31.2 Å². The van der Waals surface area contributed by atoms with Gasteiger partial charge < -0.3 is 20.1 Å². The van der Waals surface area contributed by atoms with Crippen LogP contribution in [0, 0.1) is 0 Å². The van der Waals surface area contributed by atoms with E-state index < -0.39 is 0 Å². The lowest BCUT2D eigenvalue weighted by Crippen LogP contribution is -2.46. The van der Waals surface area contributed by atoms with E-state index in [9.17, 15) is 4.79 Å². The van der Waals surface area contributed by atoms with Crippen molar-refractivity contribution in [3.05, 3.63) is 24.3 Å². The molecule has 1 aromatic carbocycles. The van der Waals surface area contributed by atoms with Gasteiger partial charge in [-0.05, 0) is 53.2 Å². The molecule has 2 N–H and O–H groups in total. The highest BCUT2D eigenvalue weighted by Crippen LogP contribution is 2.37. The molecule has 128 valence electrons. The minimum absolute atomic E-state index is 0.0855. The number of hydrogen-bond acceptors (Lipinski definition) is 4. The van der Waals surface area contributed by atoms with E-state index in [1.54, 1.807) is 0 Å². The summed E-state index contributed by atoms with van der Waals surface area (Å²) in [7, 11) is 0. The number of carbonyl (C=O) groups excluding carboxylic acids is 1. The number of anilines is 1. The molecule has 1 aliphatic rings. The second-order valence-electron chi connectivity index (χ2n) is 7.08. The van der Waals surface area contributed by atoms with Crippen LogP contribution in [0.4, 0.5) is 5.69 Å². The number of amides is 1. The average molecular weight is 320 g/mol. The zero-order chi connectivity index (χ0) is 17.1. The normalized spacial score (nSPS) is 21.9. The van der Waals surface area contributed by atoms with Gasteiger partial charge in [-0.2, -0.15) is 0 Å². The van der Waals surface area contributed by atoms with Gasteiger partial charge in [-0.3, -0.25) is 4.79 Å². The zero-order valence-electron chi connectivity index (χ0n) is 14.7. The van der Waals surface area contributed by atoms with Crippen LogP contribution in [-0.2, 0) is 9.53 Å².